The van der Waals surface area contributed by atoms with Crippen LogP contribution in [0.5, 0.6) is 0 Å². The van der Waals surface area contributed by atoms with Gasteiger partial charge in [-0.1, -0.05) is 6.08 Å². The predicted molar refractivity (Wildman–Crippen MR) is 51.7 cm³/mol. The predicted octanol–water partition coefficient (Wildman–Crippen LogP) is 1.85. The number of piperidine rings is 1. The number of allylic oxidation sites excluding steroid dienone is 1. The Balaban J connectivity index is 2.60. The maximum atomic E-state index is 10.6. The number of likely N-dealkylation sites (tertiary alicyclic amines) is 1. The standard InChI is InChI=1S/C10H14N2O2/c1-2-3-10(8-11)4-6-12(7-5-10)9(13)14/h2H,1,3-7H2,(H,13,14). The van der Waals surface area contributed by atoms with Crippen molar-refractivity contribution in [1.29, 1.82) is 5.26 Å². The van der Waals surface area contributed by atoms with Crippen LogP contribution in [0.4, 0.5) is 4.79 Å². The molecule has 4 nitrogen and oxygen atoms in total. The minimum Gasteiger partial charge on any atom is -0.465 e. The Kier molecular flexibility index (Phi) is 3.13. The molecule has 0 aromatic heterocycles. The lowest BCUT2D eigenvalue weighted by Gasteiger charge is -2.35. The molecule has 0 atom stereocenters. The molecule has 0 aromatic carbocycles. The van der Waals surface area contributed by atoms with Crippen molar-refractivity contribution >= 4 is 6.09 Å². The lowest BCUT2D eigenvalue weighted by atomic mass is 9.77. The number of hydrogen-bond acceptors (Lipinski definition) is 2. The second kappa shape index (κ2) is 4.14. The highest BCUT2D eigenvalue weighted by Crippen LogP contribution is 2.34. The van der Waals surface area contributed by atoms with Crippen molar-refractivity contribution in [1.82, 2.24) is 4.90 Å². The minimum absolute atomic E-state index is 0.381. The van der Waals surface area contributed by atoms with Gasteiger partial charge in [-0.15, -0.1) is 6.58 Å². The zero-order valence-corrected chi connectivity index (χ0v) is 8.07. The zero-order chi connectivity index (χ0) is 10.6. The molecule has 1 amide bonds. The first-order valence-corrected chi connectivity index (χ1v) is 4.63. The number of nitriles is 1. The van der Waals surface area contributed by atoms with Crippen LogP contribution in [0.3, 0.4) is 0 Å². The molecule has 1 N–H and O–H groups in total. The third kappa shape index (κ3) is 2.05. The maximum Gasteiger partial charge on any atom is 0.407 e. The summed E-state index contributed by atoms with van der Waals surface area (Å²) in [6.45, 7) is 4.53. The third-order valence-electron chi connectivity index (χ3n) is 2.76. The highest BCUT2D eigenvalue weighted by Gasteiger charge is 2.34. The van der Waals surface area contributed by atoms with Gasteiger partial charge in [0, 0.05) is 13.1 Å². The van der Waals surface area contributed by atoms with Crippen molar-refractivity contribution in [2.75, 3.05) is 13.1 Å². The fourth-order valence-corrected chi connectivity index (χ4v) is 1.76. The van der Waals surface area contributed by atoms with Crippen LogP contribution in [0, 0.1) is 16.7 Å². The zero-order valence-electron chi connectivity index (χ0n) is 8.07. The van der Waals surface area contributed by atoms with Crippen LogP contribution in [0.25, 0.3) is 0 Å². The second-order valence-corrected chi connectivity index (χ2v) is 3.65. The van der Waals surface area contributed by atoms with Gasteiger partial charge < -0.3 is 10.0 Å². The molecule has 0 aromatic rings. The number of hydrogen-bond donors (Lipinski definition) is 1. The molecular weight excluding hydrogens is 180 g/mol. The molecule has 0 bridgehead atoms. The average molecular weight is 194 g/mol. The van der Waals surface area contributed by atoms with Crippen molar-refractivity contribution in [2.24, 2.45) is 5.41 Å². The number of amides is 1. The molecular formula is C10H14N2O2. The van der Waals surface area contributed by atoms with E-state index in [9.17, 15) is 4.79 Å². The number of carbonyl (C=O) groups is 1. The van der Waals surface area contributed by atoms with Crippen molar-refractivity contribution in [2.45, 2.75) is 19.3 Å². The van der Waals surface area contributed by atoms with E-state index < -0.39 is 6.09 Å². The molecule has 0 spiro atoms. The van der Waals surface area contributed by atoms with Gasteiger partial charge in [-0.25, -0.2) is 4.79 Å². The van der Waals surface area contributed by atoms with Crippen LogP contribution in [-0.4, -0.2) is 29.2 Å². The largest absolute Gasteiger partial charge is 0.465 e. The summed E-state index contributed by atoms with van der Waals surface area (Å²) in [7, 11) is 0. The lowest BCUT2D eigenvalue weighted by Crippen LogP contribution is -2.41. The van der Waals surface area contributed by atoms with Gasteiger partial charge in [0.15, 0.2) is 0 Å². The molecule has 1 heterocycles. The summed E-state index contributed by atoms with van der Waals surface area (Å²) in [4.78, 5) is 12.0. The third-order valence-corrected chi connectivity index (χ3v) is 2.76. The first-order valence-electron chi connectivity index (χ1n) is 4.63. The Labute approximate surface area is 83.4 Å². The van der Waals surface area contributed by atoms with E-state index in [-0.39, 0.29) is 5.41 Å². The first kappa shape index (κ1) is 10.6. The molecule has 1 aliphatic heterocycles. The molecule has 0 aliphatic carbocycles. The molecule has 1 aliphatic rings. The van der Waals surface area contributed by atoms with Gasteiger partial charge in [0.2, 0.25) is 0 Å². The SMILES string of the molecule is C=CCC1(C#N)CCN(C(=O)O)CC1. The molecule has 14 heavy (non-hydrogen) atoms. The smallest absolute Gasteiger partial charge is 0.407 e. The Morgan fingerprint density at radius 2 is 2.21 bits per heavy atom. The summed E-state index contributed by atoms with van der Waals surface area (Å²) in [6, 6.07) is 2.29. The van der Waals surface area contributed by atoms with E-state index in [4.69, 9.17) is 10.4 Å². The van der Waals surface area contributed by atoms with Crippen LogP contribution in [-0.2, 0) is 0 Å². The van der Waals surface area contributed by atoms with Gasteiger partial charge in [0.05, 0.1) is 11.5 Å². The van der Waals surface area contributed by atoms with E-state index in [1.807, 2.05) is 0 Å². The molecule has 0 unspecified atom stereocenters. The summed E-state index contributed by atoms with van der Waals surface area (Å²) in [6.07, 6.45) is 2.72. The average Bonchev–Trinajstić information content (AvgIpc) is 2.19. The molecule has 76 valence electrons. The molecule has 1 rings (SSSR count). The quantitative estimate of drug-likeness (QED) is 0.682. The summed E-state index contributed by atoms with van der Waals surface area (Å²) < 4.78 is 0. The molecule has 0 saturated carbocycles. The molecule has 1 saturated heterocycles. The van der Waals surface area contributed by atoms with E-state index in [2.05, 4.69) is 12.6 Å². The van der Waals surface area contributed by atoms with Crippen LogP contribution >= 0.6 is 0 Å². The molecule has 0 radical (unpaired) electrons. The van der Waals surface area contributed by atoms with Gasteiger partial charge >= 0.3 is 6.09 Å². The van der Waals surface area contributed by atoms with Crippen molar-refractivity contribution < 1.29 is 9.90 Å². The van der Waals surface area contributed by atoms with Crippen LogP contribution in [0.15, 0.2) is 12.7 Å². The van der Waals surface area contributed by atoms with Gasteiger partial charge in [-0.3, -0.25) is 0 Å². The van der Waals surface area contributed by atoms with E-state index in [1.165, 1.54) is 4.90 Å². The second-order valence-electron chi connectivity index (χ2n) is 3.65. The fraction of sp³-hybridized carbons (Fsp3) is 0.600. The van der Waals surface area contributed by atoms with Crippen molar-refractivity contribution in [3.63, 3.8) is 0 Å². The van der Waals surface area contributed by atoms with Crippen molar-refractivity contribution in [3.8, 4) is 6.07 Å². The number of carboxylic acid groups (broad SMARTS) is 1. The maximum absolute atomic E-state index is 10.6. The van der Waals surface area contributed by atoms with E-state index in [0.29, 0.717) is 32.4 Å². The summed E-state index contributed by atoms with van der Waals surface area (Å²) >= 11 is 0. The number of nitrogens with zero attached hydrogens (tertiary/aromatic N) is 2. The first-order chi connectivity index (χ1) is 6.63. The highest BCUT2D eigenvalue weighted by molar-refractivity contribution is 5.65. The topological polar surface area (TPSA) is 64.3 Å². The Hall–Kier alpha value is -1.50. The van der Waals surface area contributed by atoms with Gasteiger partial charge in [-0.05, 0) is 19.3 Å². The Morgan fingerprint density at radius 3 is 2.57 bits per heavy atom. The van der Waals surface area contributed by atoms with Crippen LogP contribution < -0.4 is 0 Å². The monoisotopic (exact) mass is 194 g/mol. The van der Waals surface area contributed by atoms with Gasteiger partial charge in [-0.2, -0.15) is 5.26 Å². The van der Waals surface area contributed by atoms with Crippen molar-refractivity contribution in [3.05, 3.63) is 12.7 Å². The van der Waals surface area contributed by atoms with Gasteiger partial charge in [0.1, 0.15) is 0 Å². The molecule has 1 fully saturated rings. The summed E-state index contributed by atoms with van der Waals surface area (Å²) in [5, 5.41) is 17.8. The van der Waals surface area contributed by atoms with E-state index >= 15 is 0 Å². The van der Waals surface area contributed by atoms with Crippen LogP contribution in [0.2, 0.25) is 0 Å². The normalized spacial score (nSPS) is 19.8. The highest BCUT2D eigenvalue weighted by atomic mass is 16.4. The lowest BCUT2D eigenvalue weighted by molar-refractivity contribution is 0.111. The fourth-order valence-electron chi connectivity index (χ4n) is 1.76. The number of rotatable bonds is 2. The van der Waals surface area contributed by atoms with E-state index in [1.54, 1.807) is 6.08 Å². The van der Waals surface area contributed by atoms with E-state index in [0.717, 1.165) is 0 Å². The molecule has 4 heteroatoms. The summed E-state index contributed by atoms with van der Waals surface area (Å²) in [5.74, 6) is 0. The van der Waals surface area contributed by atoms with Gasteiger partial charge in [0.25, 0.3) is 0 Å². The Morgan fingerprint density at radius 1 is 1.64 bits per heavy atom. The Bertz CT molecular complexity index is 272. The van der Waals surface area contributed by atoms with Crippen LogP contribution in [0.1, 0.15) is 19.3 Å². The summed E-state index contributed by atoms with van der Waals surface area (Å²) in [5.41, 5.74) is -0.381. The minimum atomic E-state index is -0.893.